The van der Waals surface area contributed by atoms with Crippen LogP contribution in [0.15, 0.2) is 72.8 Å². The summed E-state index contributed by atoms with van der Waals surface area (Å²) < 4.78 is 15.8. The van der Waals surface area contributed by atoms with Crippen molar-refractivity contribution in [3.8, 4) is 28.5 Å². The van der Waals surface area contributed by atoms with E-state index in [1.807, 2.05) is 43.3 Å². The maximum atomic E-state index is 13.0. The van der Waals surface area contributed by atoms with E-state index in [0.717, 1.165) is 11.3 Å². The quantitative estimate of drug-likeness (QED) is 0.170. The van der Waals surface area contributed by atoms with Crippen LogP contribution in [0.2, 0.25) is 5.02 Å². The third kappa shape index (κ3) is 6.71. The number of hydrogen-bond donors (Lipinski definition) is 3. The van der Waals surface area contributed by atoms with Crippen LogP contribution in [0.4, 0.5) is 11.5 Å². The molecule has 1 aromatic heterocycles. The predicted octanol–water partition coefficient (Wildman–Crippen LogP) is 7.07. The first-order valence-electron chi connectivity index (χ1n) is 12.6. The van der Waals surface area contributed by atoms with Gasteiger partial charge in [0.05, 0.1) is 32.0 Å². The minimum atomic E-state index is -0.327. The molecule has 1 amide bonds. The molecule has 8 nitrogen and oxygen atoms in total. The summed E-state index contributed by atoms with van der Waals surface area (Å²) in [5, 5.41) is 15.2. The molecule has 0 radical (unpaired) electrons. The lowest BCUT2D eigenvalue weighted by molar-refractivity contribution is 0.102. The van der Waals surface area contributed by atoms with E-state index in [4.69, 9.17) is 36.2 Å². The zero-order valence-corrected chi connectivity index (χ0v) is 23.6. The van der Waals surface area contributed by atoms with Gasteiger partial charge in [0.25, 0.3) is 5.91 Å². The van der Waals surface area contributed by atoms with Crippen molar-refractivity contribution in [3.63, 3.8) is 0 Å². The third-order valence-electron chi connectivity index (χ3n) is 6.31. The van der Waals surface area contributed by atoms with E-state index >= 15 is 0 Å². The Morgan fingerprint density at radius 1 is 0.875 bits per heavy atom. The van der Waals surface area contributed by atoms with Crippen molar-refractivity contribution in [2.45, 2.75) is 19.9 Å². The number of methoxy groups -OCH3 is 3. The fraction of sp³-hybridized carbons (Fsp3) is 0.194. The number of rotatable bonds is 11. The van der Waals surface area contributed by atoms with Gasteiger partial charge in [0, 0.05) is 40.7 Å². The average molecular weight is 559 g/mol. The molecule has 0 spiro atoms. The summed E-state index contributed by atoms with van der Waals surface area (Å²) in [6.45, 7) is 2.45. The minimum absolute atomic E-state index is 0.327. The van der Waals surface area contributed by atoms with E-state index in [0.29, 0.717) is 69.1 Å². The number of halogens is 1. The van der Waals surface area contributed by atoms with Crippen molar-refractivity contribution in [1.82, 2.24) is 4.98 Å². The van der Waals surface area contributed by atoms with Crippen LogP contribution in [0, 0.1) is 5.41 Å². The maximum Gasteiger partial charge on any atom is 0.255 e. The molecule has 0 aliphatic rings. The van der Waals surface area contributed by atoms with Gasteiger partial charge in [-0.05, 0) is 66.6 Å². The fourth-order valence-electron chi connectivity index (χ4n) is 4.05. The van der Waals surface area contributed by atoms with Gasteiger partial charge in [-0.3, -0.25) is 4.79 Å². The molecule has 0 unspecified atom stereocenters. The Morgan fingerprint density at radius 3 is 2.17 bits per heavy atom. The Bertz CT molecular complexity index is 1500. The van der Waals surface area contributed by atoms with Crippen LogP contribution in [-0.2, 0) is 6.54 Å². The Kier molecular flexibility index (Phi) is 9.24. The SMILES string of the molecule is CCC(=N)c1ccc(-c2cc(NC(=O)c3cc(OC)cc(OC)c3)ccc2Cl)nc1NCc1ccc(OC)cc1. The standard InChI is InChI=1S/C31H31ClN4O4/c1-5-28(33)25-11-13-29(36-30(25)34-18-19-6-9-22(38-2)10-7-19)26-16-21(8-12-27(26)32)35-31(37)20-14-23(39-3)17-24(15-20)40-4/h6-17,33H,5,18H2,1-4H3,(H,34,36)(H,35,37). The molecule has 0 bridgehead atoms. The van der Waals surface area contributed by atoms with Gasteiger partial charge >= 0.3 is 0 Å². The third-order valence-corrected chi connectivity index (χ3v) is 6.64. The van der Waals surface area contributed by atoms with Crippen LogP contribution in [0.5, 0.6) is 17.2 Å². The van der Waals surface area contributed by atoms with E-state index in [-0.39, 0.29) is 5.91 Å². The van der Waals surface area contributed by atoms with E-state index in [1.54, 1.807) is 43.5 Å². The zero-order valence-electron chi connectivity index (χ0n) is 22.8. The maximum absolute atomic E-state index is 13.0. The Hall–Kier alpha value is -4.56. The lowest BCUT2D eigenvalue weighted by atomic mass is 10.1. The van der Waals surface area contributed by atoms with Crippen molar-refractivity contribution in [2.75, 3.05) is 32.0 Å². The number of nitrogens with one attached hydrogen (secondary N) is 3. The number of nitrogens with zero attached hydrogens (tertiary/aromatic N) is 1. The molecule has 0 atom stereocenters. The highest BCUT2D eigenvalue weighted by molar-refractivity contribution is 6.33. The van der Waals surface area contributed by atoms with E-state index in [9.17, 15) is 4.79 Å². The summed E-state index contributed by atoms with van der Waals surface area (Å²) in [5.74, 6) is 2.06. The molecular formula is C31H31ClN4O4. The van der Waals surface area contributed by atoms with Crippen LogP contribution < -0.4 is 24.8 Å². The molecule has 9 heteroatoms. The van der Waals surface area contributed by atoms with Gasteiger partial charge in [-0.15, -0.1) is 0 Å². The van der Waals surface area contributed by atoms with Gasteiger partial charge < -0.3 is 30.3 Å². The van der Waals surface area contributed by atoms with Crippen molar-refractivity contribution in [3.05, 3.63) is 94.5 Å². The highest BCUT2D eigenvalue weighted by atomic mass is 35.5. The predicted molar refractivity (Wildman–Crippen MR) is 160 cm³/mol. The second-order valence-electron chi connectivity index (χ2n) is 8.88. The number of hydrogen-bond acceptors (Lipinski definition) is 7. The second kappa shape index (κ2) is 13.0. The number of amides is 1. The van der Waals surface area contributed by atoms with Gasteiger partial charge in [0.1, 0.15) is 23.1 Å². The Labute approximate surface area is 238 Å². The van der Waals surface area contributed by atoms with Crippen molar-refractivity contribution in [1.29, 1.82) is 5.41 Å². The van der Waals surface area contributed by atoms with Gasteiger partial charge in [-0.1, -0.05) is 30.7 Å². The first kappa shape index (κ1) is 28.4. The van der Waals surface area contributed by atoms with Crippen LogP contribution in [0.3, 0.4) is 0 Å². The molecule has 4 aromatic rings. The van der Waals surface area contributed by atoms with Crippen LogP contribution in [0.25, 0.3) is 11.3 Å². The molecule has 0 saturated carbocycles. The summed E-state index contributed by atoms with van der Waals surface area (Å²) in [7, 11) is 4.69. The lowest BCUT2D eigenvalue weighted by Crippen LogP contribution is -2.12. The lowest BCUT2D eigenvalue weighted by Gasteiger charge is -2.15. The molecule has 0 fully saturated rings. The highest BCUT2D eigenvalue weighted by Crippen LogP contribution is 2.32. The Morgan fingerprint density at radius 2 is 1.55 bits per heavy atom. The van der Waals surface area contributed by atoms with E-state index < -0.39 is 0 Å². The summed E-state index contributed by atoms with van der Waals surface area (Å²) in [4.78, 5) is 17.9. The van der Waals surface area contributed by atoms with Gasteiger partial charge in [-0.25, -0.2) is 4.98 Å². The molecule has 3 aromatic carbocycles. The highest BCUT2D eigenvalue weighted by Gasteiger charge is 2.15. The smallest absolute Gasteiger partial charge is 0.255 e. The van der Waals surface area contributed by atoms with Gasteiger partial charge in [0.15, 0.2) is 0 Å². The number of pyridine rings is 1. The number of carbonyl (C=O) groups is 1. The van der Waals surface area contributed by atoms with Crippen molar-refractivity contribution in [2.24, 2.45) is 0 Å². The van der Waals surface area contributed by atoms with Crippen molar-refractivity contribution < 1.29 is 19.0 Å². The number of aromatic nitrogens is 1. The summed E-state index contributed by atoms with van der Waals surface area (Å²) >= 11 is 6.59. The number of benzene rings is 3. The number of carbonyl (C=O) groups excluding carboxylic acids is 1. The first-order valence-corrected chi connectivity index (χ1v) is 13.0. The van der Waals surface area contributed by atoms with Crippen LogP contribution in [0.1, 0.15) is 34.8 Å². The molecule has 0 aliphatic carbocycles. The minimum Gasteiger partial charge on any atom is -0.497 e. The topological polar surface area (TPSA) is 106 Å². The van der Waals surface area contributed by atoms with E-state index in [2.05, 4.69) is 10.6 Å². The average Bonchev–Trinajstić information content (AvgIpc) is 3.00. The first-order chi connectivity index (χ1) is 19.3. The molecule has 0 aliphatic heterocycles. The number of anilines is 2. The largest absolute Gasteiger partial charge is 0.497 e. The zero-order chi connectivity index (χ0) is 28.6. The molecule has 4 rings (SSSR count). The molecular weight excluding hydrogens is 528 g/mol. The van der Waals surface area contributed by atoms with Crippen LogP contribution >= 0.6 is 11.6 Å². The summed E-state index contributed by atoms with van der Waals surface area (Å²) in [6, 6.07) is 21.6. The van der Waals surface area contributed by atoms with Crippen LogP contribution in [-0.4, -0.2) is 37.9 Å². The molecule has 0 saturated heterocycles. The second-order valence-corrected chi connectivity index (χ2v) is 9.28. The molecule has 3 N–H and O–H groups in total. The Balaban J connectivity index is 1.62. The fourth-order valence-corrected chi connectivity index (χ4v) is 4.26. The van der Waals surface area contributed by atoms with Crippen molar-refractivity contribution >= 4 is 34.7 Å². The monoisotopic (exact) mass is 558 g/mol. The summed E-state index contributed by atoms with van der Waals surface area (Å²) in [5.41, 5.74) is 4.41. The number of ether oxygens (including phenoxy) is 3. The normalized spacial score (nSPS) is 10.5. The summed E-state index contributed by atoms with van der Waals surface area (Å²) in [6.07, 6.45) is 0.565. The van der Waals surface area contributed by atoms with Gasteiger partial charge in [-0.2, -0.15) is 0 Å². The molecule has 206 valence electrons. The molecule has 1 heterocycles. The molecule has 40 heavy (non-hydrogen) atoms. The van der Waals surface area contributed by atoms with E-state index in [1.165, 1.54) is 14.2 Å². The van der Waals surface area contributed by atoms with Gasteiger partial charge in [0.2, 0.25) is 0 Å².